The number of nitrogens with zero attached hydrogens (tertiary/aromatic N) is 2. The van der Waals surface area contributed by atoms with Gasteiger partial charge < -0.3 is 35.2 Å². The number of hydrogen-bond donors (Lipinski definition) is 3. The summed E-state index contributed by atoms with van der Waals surface area (Å²) in [7, 11) is 1.57. The second kappa shape index (κ2) is 16.0. The topological polar surface area (TPSA) is 163 Å². The minimum Gasteiger partial charge on any atom is -0.432 e. The lowest BCUT2D eigenvalue weighted by Gasteiger charge is -2.39. The van der Waals surface area contributed by atoms with Gasteiger partial charge >= 0.3 is 12.2 Å². The highest BCUT2D eigenvalue weighted by molar-refractivity contribution is 6.38. The van der Waals surface area contributed by atoms with E-state index in [4.69, 9.17) is 9.47 Å². The molecular weight excluding hydrogens is 606 g/mol. The van der Waals surface area contributed by atoms with Crippen molar-refractivity contribution in [3.05, 3.63) is 12.7 Å². The van der Waals surface area contributed by atoms with Crippen molar-refractivity contribution in [3.8, 4) is 0 Å². The Morgan fingerprint density at radius 3 is 2.19 bits per heavy atom. The van der Waals surface area contributed by atoms with Crippen LogP contribution in [0.2, 0.25) is 0 Å². The van der Waals surface area contributed by atoms with E-state index in [0.29, 0.717) is 13.0 Å². The summed E-state index contributed by atoms with van der Waals surface area (Å²) in [5.74, 6) is -2.66. The van der Waals surface area contributed by atoms with E-state index in [9.17, 15) is 28.8 Å². The van der Waals surface area contributed by atoms with Gasteiger partial charge in [0.15, 0.2) is 0 Å². The third kappa shape index (κ3) is 9.70. The maximum absolute atomic E-state index is 14.3. The fourth-order valence-corrected chi connectivity index (χ4v) is 6.36. The Morgan fingerprint density at radius 2 is 1.68 bits per heavy atom. The Morgan fingerprint density at radius 1 is 1.06 bits per heavy atom. The molecule has 1 saturated carbocycles. The molecular formula is C34H57N5O8. The van der Waals surface area contributed by atoms with Crippen LogP contribution in [0.15, 0.2) is 12.7 Å². The summed E-state index contributed by atoms with van der Waals surface area (Å²) < 4.78 is 10.3. The van der Waals surface area contributed by atoms with Crippen molar-refractivity contribution in [3.63, 3.8) is 0 Å². The van der Waals surface area contributed by atoms with E-state index in [1.165, 1.54) is 15.9 Å². The number of rotatable bonds is 15. The Bertz CT molecular complexity index is 1190. The van der Waals surface area contributed by atoms with E-state index in [-0.39, 0.29) is 48.8 Å². The van der Waals surface area contributed by atoms with Gasteiger partial charge in [0, 0.05) is 20.1 Å². The Hall–Kier alpha value is -3.64. The molecule has 6 atom stereocenters. The van der Waals surface area contributed by atoms with Gasteiger partial charge in [-0.2, -0.15) is 0 Å². The lowest BCUT2D eigenvalue weighted by molar-refractivity contribution is -0.145. The zero-order valence-corrected chi connectivity index (χ0v) is 30.1. The van der Waals surface area contributed by atoms with Crippen LogP contribution < -0.4 is 16.0 Å². The van der Waals surface area contributed by atoms with Crippen LogP contribution in [0.25, 0.3) is 0 Å². The first-order valence-corrected chi connectivity index (χ1v) is 16.6. The molecule has 3 N–H and O–H groups in total. The molecule has 13 nitrogen and oxygen atoms in total. The van der Waals surface area contributed by atoms with E-state index in [2.05, 4.69) is 22.5 Å². The summed E-state index contributed by atoms with van der Waals surface area (Å²) in [5, 5.41) is 8.14. The third-order valence-electron chi connectivity index (χ3n) is 9.27. The van der Waals surface area contributed by atoms with Crippen molar-refractivity contribution in [1.82, 2.24) is 25.8 Å². The maximum Gasteiger partial charge on any atom is 0.508 e. The molecule has 1 heterocycles. The second-order valence-electron chi connectivity index (χ2n) is 15.0. The van der Waals surface area contributed by atoms with Crippen LogP contribution in [-0.2, 0) is 28.7 Å². The Balaban J connectivity index is 2.30. The zero-order valence-electron chi connectivity index (χ0n) is 30.1. The highest BCUT2D eigenvalue weighted by atomic mass is 16.7. The van der Waals surface area contributed by atoms with Crippen molar-refractivity contribution in [2.45, 2.75) is 112 Å². The van der Waals surface area contributed by atoms with Gasteiger partial charge in [-0.05, 0) is 48.9 Å². The van der Waals surface area contributed by atoms with E-state index in [1.807, 2.05) is 55.4 Å². The van der Waals surface area contributed by atoms with E-state index in [1.54, 1.807) is 20.9 Å². The molecule has 1 saturated heterocycles. The number of likely N-dealkylation sites (N-methyl/N-ethyl adjacent to an activating group) is 1. The van der Waals surface area contributed by atoms with Crippen molar-refractivity contribution in [2.75, 3.05) is 26.7 Å². The molecule has 0 aromatic carbocycles. The average Bonchev–Trinajstić information content (AvgIpc) is 3.27. The molecule has 2 rings (SSSR count). The Labute approximate surface area is 279 Å². The van der Waals surface area contributed by atoms with Crippen molar-refractivity contribution >= 4 is 35.7 Å². The predicted molar refractivity (Wildman–Crippen MR) is 177 cm³/mol. The van der Waals surface area contributed by atoms with Crippen LogP contribution in [0.5, 0.6) is 0 Å². The van der Waals surface area contributed by atoms with Gasteiger partial charge in [0.25, 0.3) is 5.91 Å². The number of urea groups is 1. The highest BCUT2D eigenvalue weighted by Gasteiger charge is 2.70. The molecule has 266 valence electrons. The van der Waals surface area contributed by atoms with Crippen LogP contribution >= 0.6 is 0 Å². The maximum atomic E-state index is 14.3. The predicted octanol–water partition coefficient (Wildman–Crippen LogP) is 3.27. The van der Waals surface area contributed by atoms with Gasteiger partial charge in [-0.15, -0.1) is 6.58 Å². The SMILES string of the molecule is C=CCNC(=O)C(=O)C(CCC)NC(=O)C1[C@@H]2C(CN1C(=O)C(NC(=O)N(C)[C@H](COC(=O)OC(C)C)C(C)C)C(C)(C)C)C2(C)C. The van der Waals surface area contributed by atoms with Gasteiger partial charge in [0.05, 0.1) is 18.2 Å². The summed E-state index contributed by atoms with van der Waals surface area (Å²) in [6, 6.07) is -3.99. The summed E-state index contributed by atoms with van der Waals surface area (Å²) >= 11 is 0. The number of ether oxygens (including phenoxy) is 2. The van der Waals surface area contributed by atoms with Crippen LogP contribution in [-0.4, -0.2) is 103 Å². The quantitative estimate of drug-likeness (QED) is 0.137. The molecule has 47 heavy (non-hydrogen) atoms. The molecule has 1 aliphatic heterocycles. The van der Waals surface area contributed by atoms with Gasteiger partial charge in [-0.3, -0.25) is 19.2 Å². The minimum atomic E-state index is -1.05. The molecule has 0 aromatic rings. The van der Waals surface area contributed by atoms with E-state index < -0.39 is 65.3 Å². The molecule has 2 fully saturated rings. The zero-order chi connectivity index (χ0) is 36.0. The highest BCUT2D eigenvalue weighted by Crippen LogP contribution is 2.65. The van der Waals surface area contributed by atoms with Crippen LogP contribution in [0.3, 0.4) is 0 Å². The lowest BCUT2D eigenvalue weighted by Crippen LogP contribution is -2.62. The first-order valence-electron chi connectivity index (χ1n) is 16.6. The summed E-state index contributed by atoms with van der Waals surface area (Å²) in [6.45, 7) is 22.5. The molecule has 0 aromatic heterocycles. The molecule has 5 amide bonds. The van der Waals surface area contributed by atoms with Crippen molar-refractivity contribution < 1.29 is 38.2 Å². The number of carbonyl (C=O) groups excluding carboxylic acids is 6. The number of amides is 5. The first kappa shape index (κ1) is 39.5. The van der Waals surface area contributed by atoms with Crippen molar-refractivity contribution in [2.24, 2.45) is 28.6 Å². The molecule has 0 bridgehead atoms. The summed E-state index contributed by atoms with van der Waals surface area (Å²) in [6.07, 6.45) is 1.07. The first-order chi connectivity index (χ1) is 21.7. The number of fused-ring (bicyclic) bond motifs is 1. The largest absolute Gasteiger partial charge is 0.508 e. The van der Waals surface area contributed by atoms with Gasteiger partial charge in [0.2, 0.25) is 17.6 Å². The number of hydrogen-bond acceptors (Lipinski definition) is 8. The van der Waals surface area contributed by atoms with Crippen LogP contribution in [0, 0.1) is 28.6 Å². The average molecular weight is 664 g/mol. The number of nitrogens with one attached hydrogen (secondary N) is 3. The van der Waals surface area contributed by atoms with Crippen LogP contribution in [0.4, 0.5) is 9.59 Å². The number of piperidine rings is 1. The fourth-order valence-electron chi connectivity index (χ4n) is 6.36. The minimum absolute atomic E-state index is 0.0606. The molecule has 13 heteroatoms. The molecule has 0 spiro atoms. The smallest absolute Gasteiger partial charge is 0.432 e. The Kier molecular flexibility index (Phi) is 13.4. The normalized spacial score (nSPS) is 21.6. The van der Waals surface area contributed by atoms with Crippen molar-refractivity contribution in [1.29, 1.82) is 0 Å². The molecule has 2 aliphatic rings. The third-order valence-corrected chi connectivity index (χ3v) is 9.27. The summed E-state index contributed by atoms with van der Waals surface area (Å²) in [5.41, 5.74) is -0.946. The van der Waals surface area contributed by atoms with Gasteiger partial charge in [-0.1, -0.05) is 67.9 Å². The van der Waals surface area contributed by atoms with Crippen LogP contribution in [0.1, 0.15) is 82.1 Å². The standard InChI is InChI=1S/C34H57N5O8/c1-13-15-22(26(40)29(42)35-16-14-2)36-28(41)25-24-21(34(24,10)11)17-39(25)30(43)27(33(7,8)9)37-31(44)38(12)23(19(3)4)18-46-32(45)47-20(5)6/h14,19-25,27H,2,13,15-18H2,1,3-12H3,(H,35,42)(H,36,41)(H,37,44)/t21?,22?,23-,24+,25?,27?/m1/s1. The second-order valence-corrected chi connectivity index (χ2v) is 15.0. The molecule has 1 aliphatic carbocycles. The fraction of sp³-hybridized carbons (Fsp3) is 0.765. The van der Waals surface area contributed by atoms with Gasteiger partial charge in [0.1, 0.15) is 18.7 Å². The summed E-state index contributed by atoms with van der Waals surface area (Å²) in [4.78, 5) is 82.2. The van der Waals surface area contributed by atoms with E-state index >= 15 is 0 Å². The monoisotopic (exact) mass is 663 g/mol. The number of carbonyl (C=O) groups is 6. The number of Topliss-reactive ketones (excluding diaryl/α,β-unsaturated/α-hetero) is 1. The lowest BCUT2D eigenvalue weighted by atomic mass is 9.85. The molecule has 4 unspecified atom stereocenters. The number of likely N-dealkylation sites (tertiary alicyclic amines) is 1. The van der Waals surface area contributed by atoms with E-state index in [0.717, 1.165) is 0 Å². The molecule has 0 radical (unpaired) electrons. The number of ketones is 1. The van der Waals surface area contributed by atoms with Gasteiger partial charge in [-0.25, -0.2) is 9.59 Å².